The van der Waals surface area contributed by atoms with Crippen LogP contribution in [0.2, 0.25) is 0 Å². The first-order valence-electron chi connectivity index (χ1n) is 13.3. The predicted molar refractivity (Wildman–Crippen MR) is 149 cm³/mol. The summed E-state index contributed by atoms with van der Waals surface area (Å²) in [5.41, 5.74) is 0. The smallest absolute Gasteiger partial charge is 0.335 e. The molecule has 0 radical (unpaired) electrons. The molecule has 8 nitrogen and oxygen atoms in total. The van der Waals surface area contributed by atoms with Crippen LogP contribution in [0.4, 0.5) is 0 Å². The third kappa shape index (κ3) is 22.3. The normalized spacial score (nSPS) is 15.9. The van der Waals surface area contributed by atoms with E-state index >= 15 is 0 Å². The van der Waals surface area contributed by atoms with Crippen molar-refractivity contribution in [3.05, 3.63) is 24.8 Å². The number of nitrogens with zero attached hydrogens (tertiary/aromatic N) is 1. The number of quaternary nitrogens is 1. The van der Waals surface area contributed by atoms with Crippen LogP contribution in [0.3, 0.4) is 0 Å². The Morgan fingerprint density at radius 3 is 2.46 bits per heavy atom. The van der Waals surface area contributed by atoms with E-state index in [4.69, 9.17) is 14.0 Å². The van der Waals surface area contributed by atoms with Crippen molar-refractivity contribution < 1.29 is 37.8 Å². The van der Waals surface area contributed by atoms with Crippen molar-refractivity contribution in [1.82, 2.24) is 0 Å². The summed E-state index contributed by atoms with van der Waals surface area (Å²) in [4.78, 5) is 22.1. The number of hydrogen-bond donors (Lipinski definition) is 2. The van der Waals surface area contributed by atoms with Gasteiger partial charge in [0.05, 0.1) is 40.5 Å². The van der Waals surface area contributed by atoms with E-state index in [0.717, 1.165) is 25.2 Å². The van der Waals surface area contributed by atoms with Crippen molar-refractivity contribution in [2.24, 2.45) is 5.92 Å². The second-order valence-corrected chi connectivity index (χ2v) is 12.5. The van der Waals surface area contributed by atoms with E-state index in [-0.39, 0.29) is 12.8 Å². The number of hydrogen-bond acceptors (Lipinski definition) is 6. The first-order chi connectivity index (χ1) is 17.4. The first kappa shape index (κ1) is 35.5. The molecule has 0 saturated carbocycles. The number of methoxy groups -OCH3 is 1. The van der Waals surface area contributed by atoms with Gasteiger partial charge in [0.1, 0.15) is 12.7 Å². The average Bonchev–Trinajstić information content (AvgIpc) is 2.83. The number of aliphatic hydroxyl groups excluding tert-OH is 1. The van der Waals surface area contributed by atoms with E-state index in [1.165, 1.54) is 32.8 Å². The molecule has 0 rings (SSSR count). The van der Waals surface area contributed by atoms with E-state index in [2.05, 4.69) is 31.4 Å². The minimum atomic E-state index is -3.82. The van der Waals surface area contributed by atoms with Crippen LogP contribution in [0.15, 0.2) is 24.8 Å². The molecule has 0 heterocycles. The summed E-state index contributed by atoms with van der Waals surface area (Å²) < 4.78 is 27.8. The summed E-state index contributed by atoms with van der Waals surface area (Å²) >= 11 is 0. The summed E-state index contributed by atoms with van der Waals surface area (Å²) in [6, 6.07) is 0. The van der Waals surface area contributed by atoms with Gasteiger partial charge in [-0.05, 0) is 44.1 Å². The highest BCUT2D eigenvalue weighted by molar-refractivity contribution is 7.52. The van der Waals surface area contributed by atoms with E-state index in [1.54, 1.807) is 0 Å². The van der Waals surface area contributed by atoms with Gasteiger partial charge < -0.3 is 28.5 Å². The third-order valence-electron chi connectivity index (χ3n) is 5.75. The van der Waals surface area contributed by atoms with E-state index < -0.39 is 32.4 Å². The molecular weight excluding hydrogens is 493 g/mol. The highest BCUT2D eigenvalue weighted by atomic mass is 31.2. The van der Waals surface area contributed by atoms with Gasteiger partial charge in [-0.2, -0.15) is 0 Å². The topological polar surface area (TPSA) is 102 Å². The van der Waals surface area contributed by atoms with E-state index in [1.807, 2.05) is 33.3 Å². The van der Waals surface area contributed by atoms with Crippen LogP contribution in [-0.2, 0) is 23.4 Å². The Morgan fingerprint density at radius 2 is 1.81 bits per heavy atom. The Labute approximate surface area is 225 Å². The standard InChI is InChI=1S/C28H50NO7P/c1-7-8-9-15-18-25(2)19-16-13-11-10-12-14-17-20-27(34-6)28(31)35-23-26(30)24-36-37(32,33)22-21-29(3,4)5/h7,10-11,25-27,30H,1,8-9,13,15-24H2,2-6H3/p+1/t25?,26-,27+/m1/s1. The van der Waals surface area contributed by atoms with Gasteiger partial charge in [-0.15, -0.1) is 6.58 Å². The molecule has 0 aliphatic heterocycles. The Kier molecular flexibility index (Phi) is 19.7. The van der Waals surface area contributed by atoms with Crippen LogP contribution in [-0.4, -0.2) is 86.8 Å². The molecule has 0 aliphatic carbocycles. The molecule has 37 heavy (non-hydrogen) atoms. The van der Waals surface area contributed by atoms with E-state index in [0.29, 0.717) is 23.9 Å². The van der Waals surface area contributed by atoms with Crippen LogP contribution >= 0.6 is 7.60 Å². The molecule has 0 aromatic carbocycles. The fourth-order valence-corrected chi connectivity index (χ4v) is 4.72. The van der Waals surface area contributed by atoms with Crippen LogP contribution < -0.4 is 0 Å². The second kappa shape index (κ2) is 20.5. The van der Waals surface area contributed by atoms with Gasteiger partial charge in [0.2, 0.25) is 0 Å². The second-order valence-electron chi connectivity index (χ2n) is 10.6. The number of aliphatic hydroxyl groups is 1. The van der Waals surface area contributed by atoms with Crippen molar-refractivity contribution in [3.63, 3.8) is 0 Å². The molecule has 0 spiro atoms. The van der Waals surface area contributed by atoms with Gasteiger partial charge in [0.25, 0.3) is 0 Å². The molecular formula is C28H51NO7P+. The zero-order valence-electron chi connectivity index (χ0n) is 23.7. The van der Waals surface area contributed by atoms with Crippen LogP contribution in [0.25, 0.3) is 0 Å². The molecule has 4 atom stereocenters. The lowest BCUT2D eigenvalue weighted by Crippen LogP contribution is -2.37. The number of rotatable bonds is 21. The number of ether oxygens (including phenoxy) is 2. The number of unbranched alkanes of at least 4 members (excludes halogenated alkanes) is 3. The molecule has 0 fully saturated rings. The van der Waals surface area contributed by atoms with Crippen molar-refractivity contribution in [3.8, 4) is 11.8 Å². The molecule has 214 valence electrons. The fraction of sp³-hybridized carbons (Fsp3) is 0.750. The van der Waals surface area contributed by atoms with E-state index in [9.17, 15) is 19.4 Å². The molecule has 2 N–H and O–H groups in total. The van der Waals surface area contributed by atoms with Crippen molar-refractivity contribution in [1.29, 1.82) is 0 Å². The molecule has 0 aliphatic rings. The van der Waals surface area contributed by atoms with Gasteiger partial charge in [0.15, 0.2) is 6.10 Å². The first-order valence-corrected chi connectivity index (χ1v) is 15.0. The number of carbonyl (C=O) groups excluding carboxylic acids is 1. The average molecular weight is 545 g/mol. The van der Waals surface area contributed by atoms with Gasteiger partial charge in [-0.3, -0.25) is 4.57 Å². The Hall–Kier alpha value is -1.46. The zero-order valence-corrected chi connectivity index (χ0v) is 24.6. The maximum atomic E-state index is 12.2. The highest BCUT2D eigenvalue weighted by Crippen LogP contribution is 2.41. The van der Waals surface area contributed by atoms with Gasteiger partial charge in [-0.25, -0.2) is 4.79 Å². The Bertz CT molecular complexity index is 767. The predicted octanol–water partition coefficient (Wildman–Crippen LogP) is 4.71. The van der Waals surface area contributed by atoms with Gasteiger partial charge in [-0.1, -0.05) is 50.2 Å². The van der Waals surface area contributed by atoms with Gasteiger partial charge in [0, 0.05) is 13.5 Å². The molecule has 0 amide bonds. The lowest BCUT2D eigenvalue weighted by atomic mass is 9.97. The quantitative estimate of drug-likeness (QED) is 0.0539. The van der Waals surface area contributed by atoms with Crippen LogP contribution in [0, 0.1) is 17.8 Å². The summed E-state index contributed by atoms with van der Waals surface area (Å²) in [6.07, 6.45) is 13.0. The van der Waals surface area contributed by atoms with Gasteiger partial charge >= 0.3 is 13.6 Å². The molecule has 9 heteroatoms. The number of esters is 1. The SMILES string of the molecule is C=CCCCCC(C)CCCC=CC#CCC[C@H](OC)C(=O)OC[C@@H](O)COP(=O)(O)CC[N+](C)(C)C. The molecule has 0 aromatic rings. The lowest BCUT2D eigenvalue weighted by Gasteiger charge is -2.25. The summed E-state index contributed by atoms with van der Waals surface area (Å²) in [7, 11) is 3.30. The van der Waals surface area contributed by atoms with Crippen LogP contribution in [0.5, 0.6) is 0 Å². The lowest BCUT2D eigenvalue weighted by molar-refractivity contribution is -0.867. The Balaban J connectivity index is 4.12. The molecule has 0 bridgehead atoms. The minimum absolute atomic E-state index is 0.0269. The van der Waals surface area contributed by atoms with Crippen LogP contribution in [0.1, 0.15) is 64.7 Å². The highest BCUT2D eigenvalue weighted by Gasteiger charge is 2.25. The maximum Gasteiger partial charge on any atom is 0.335 e. The minimum Gasteiger partial charge on any atom is -0.461 e. The molecule has 0 saturated heterocycles. The molecule has 0 aromatic heterocycles. The number of allylic oxidation sites excluding steroid dienone is 3. The summed E-state index contributed by atoms with van der Waals surface area (Å²) in [5.74, 6) is 6.12. The van der Waals surface area contributed by atoms with Crippen molar-refractivity contribution >= 4 is 13.6 Å². The Morgan fingerprint density at radius 1 is 1.11 bits per heavy atom. The fourth-order valence-electron chi connectivity index (χ4n) is 3.33. The molecule has 2 unspecified atom stereocenters. The van der Waals surface area contributed by atoms with Crippen molar-refractivity contribution in [2.75, 3.05) is 54.2 Å². The largest absolute Gasteiger partial charge is 0.461 e. The van der Waals surface area contributed by atoms with Crippen molar-refractivity contribution in [2.45, 2.75) is 76.9 Å². The zero-order chi connectivity index (χ0) is 28.2. The summed E-state index contributed by atoms with van der Waals surface area (Å²) in [6.45, 7) is 5.76. The maximum absolute atomic E-state index is 12.2. The number of carbonyl (C=O) groups is 1. The third-order valence-corrected chi connectivity index (χ3v) is 7.06. The monoisotopic (exact) mass is 544 g/mol. The summed E-state index contributed by atoms with van der Waals surface area (Å²) in [5, 5.41) is 9.95.